The Balaban J connectivity index is 2.50. The normalized spacial score (nSPS) is 30.7. The summed E-state index contributed by atoms with van der Waals surface area (Å²) in [6, 6.07) is 0. The molecule has 12 heavy (non-hydrogen) atoms. The van der Waals surface area contributed by atoms with E-state index in [-0.39, 0.29) is 22.8 Å². The smallest absolute Gasteiger partial charge is 0.241 e. The lowest BCUT2D eigenvalue weighted by Gasteiger charge is -2.04. The first-order valence-electron chi connectivity index (χ1n) is 4.08. The van der Waals surface area contributed by atoms with Crippen LogP contribution in [0.1, 0.15) is 26.7 Å². The van der Waals surface area contributed by atoms with Gasteiger partial charge in [0.05, 0.1) is 17.1 Å². The van der Waals surface area contributed by atoms with Crippen LogP contribution in [0.5, 0.6) is 0 Å². The maximum atomic E-state index is 10.3. The molecule has 1 heterocycles. The molecule has 68 valence electrons. The van der Waals surface area contributed by atoms with Crippen LogP contribution in [0.3, 0.4) is 0 Å². The number of rotatable bonds is 2. The lowest BCUT2D eigenvalue weighted by molar-refractivity contribution is -0.425. The van der Waals surface area contributed by atoms with Gasteiger partial charge in [0.1, 0.15) is 0 Å². The Bertz CT molecular complexity index is 212. The van der Waals surface area contributed by atoms with Crippen LogP contribution in [0, 0.1) is 10.1 Å². The summed E-state index contributed by atoms with van der Waals surface area (Å²) in [5.74, 6) is 0. The molecule has 4 nitrogen and oxygen atoms in total. The predicted molar refractivity (Wildman–Crippen MR) is 44.3 cm³/mol. The molecule has 0 amide bonds. The van der Waals surface area contributed by atoms with Gasteiger partial charge in [-0.05, 0) is 19.8 Å². The maximum Gasteiger partial charge on any atom is 0.241 e. The first-order valence-corrected chi connectivity index (χ1v) is 4.08. The van der Waals surface area contributed by atoms with Crippen LogP contribution in [0.4, 0.5) is 0 Å². The second kappa shape index (κ2) is 3.67. The van der Waals surface area contributed by atoms with Crippen molar-refractivity contribution in [2.75, 3.05) is 0 Å². The van der Waals surface area contributed by atoms with Gasteiger partial charge in [-0.1, -0.05) is 0 Å². The largest absolute Gasteiger partial charge is 0.371 e. The van der Waals surface area contributed by atoms with Crippen molar-refractivity contribution in [1.29, 1.82) is 0 Å². The standard InChI is InChI=1S/C8H13NO3/c1-6(9(10)11)5-8-4-3-7(2)12-8/h5,7-8H,3-4H2,1-2H3/b6-5-. The number of ether oxygens (including phenoxy) is 1. The summed E-state index contributed by atoms with van der Waals surface area (Å²) in [5, 5.41) is 10.3. The first-order chi connectivity index (χ1) is 5.59. The van der Waals surface area contributed by atoms with Crippen LogP contribution in [-0.4, -0.2) is 17.1 Å². The Hall–Kier alpha value is -0.900. The van der Waals surface area contributed by atoms with E-state index in [2.05, 4.69) is 0 Å². The van der Waals surface area contributed by atoms with Crippen LogP contribution in [0.2, 0.25) is 0 Å². The third kappa shape index (κ3) is 2.30. The number of hydrogen-bond donors (Lipinski definition) is 0. The lowest BCUT2D eigenvalue weighted by Crippen LogP contribution is -2.07. The third-order valence-corrected chi connectivity index (χ3v) is 1.98. The quantitative estimate of drug-likeness (QED) is 0.469. The second-order valence-corrected chi connectivity index (χ2v) is 3.13. The molecule has 0 bridgehead atoms. The minimum absolute atomic E-state index is 0.0506. The fraction of sp³-hybridized carbons (Fsp3) is 0.750. The summed E-state index contributed by atoms with van der Waals surface area (Å²) in [4.78, 5) is 9.87. The van der Waals surface area contributed by atoms with Gasteiger partial charge in [-0.25, -0.2) is 0 Å². The molecule has 4 heteroatoms. The summed E-state index contributed by atoms with van der Waals surface area (Å²) in [6.07, 6.45) is 3.67. The van der Waals surface area contributed by atoms with E-state index in [0.717, 1.165) is 12.8 Å². The molecule has 1 saturated heterocycles. The van der Waals surface area contributed by atoms with Gasteiger partial charge in [-0.2, -0.15) is 0 Å². The SMILES string of the molecule is C/C(=C/C1CCC(C)O1)[N+](=O)[O-]. The highest BCUT2D eigenvalue weighted by Gasteiger charge is 2.21. The van der Waals surface area contributed by atoms with Crippen LogP contribution in [0.25, 0.3) is 0 Å². The van der Waals surface area contributed by atoms with E-state index in [1.807, 2.05) is 6.92 Å². The molecule has 1 fully saturated rings. The van der Waals surface area contributed by atoms with E-state index in [0.29, 0.717) is 0 Å². The van der Waals surface area contributed by atoms with Crippen molar-refractivity contribution in [3.05, 3.63) is 21.9 Å². The second-order valence-electron chi connectivity index (χ2n) is 3.13. The van der Waals surface area contributed by atoms with E-state index in [9.17, 15) is 10.1 Å². The van der Waals surface area contributed by atoms with Crippen LogP contribution in [-0.2, 0) is 4.74 Å². The zero-order valence-electron chi connectivity index (χ0n) is 7.32. The molecule has 2 unspecified atom stereocenters. The topological polar surface area (TPSA) is 52.4 Å². The van der Waals surface area contributed by atoms with Crippen molar-refractivity contribution in [2.24, 2.45) is 0 Å². The molecule has 0 spiro atoms. The monoisotopic (exact) mass is 171 g/mol. The molecular formula is C8H13NO3. The molecule has 0 aromatic rings. The first kappa shape index (κ1) is 9.19. The molecule has 0 aromatic carbocycles. The summed E-state index contributed by atoms with van der Waals surface area (Å²) in [5.41, 5.74) is 0.175. The number of nitrogens with zero attached hydrogens (tertiary/aromatic N) is 1. The van der Waals surface area contributed by atoms with E-state index in [4.69, 9.17) is 4.74 Å². The number of nitro groups is 1. The number of hydrogen-bond acceptors (Lipinski definition) is 3. The van der Waals surface area contributed by atoms with Gasteiger partial charge in [0.25, 0.3) is 0 Å². The third-order valence-electron chi connectivity index (χ3n) is 1.98. The molecule has 0 radical (unpaired) electrons. The van der Waals surface area contributed by atoms with Gasteiger partial charge < -0.3 is 4.74 Å². The maximum absolute atomic E-state index is 10.3. The van der Waals surface area contributed by atoms with Gasteiger partial charge in [0.15, 0.2) is 0 Å². The molecule has 1 aliphatic rings. The molecule has 0 aliphatic carbocycles. The average molecular weight is 171 g/mol. The Morgan fingerprint density at radius 3 is 2.75 bits per heavy atom. The highest BCUT2D eigenvalue weighted by molar-refractivity contribution is 4.96. The van der Waals surface area contributed by atoms with E-state index >= 15 is 0 Å². The molecule has 2 atom stereocenters. The van der Waals surface area contributed by atoms with Gasteiger partial charge >= 0.3 is 0 Å². The Labute approximate surface area is 71.4 Å². The molecule has 0 aromatic heterocycles. The van der Waals surface area contributed by atoms with Gasteiger partial charge in [0.2, 0.25) is 5.70 Å². The summed E-state index contributed by atoms with van der Waals surface area (Å²) in [6.45, 7) is 3.47. The van der Waals surface area contributed by atoms with Crippen molar-refractivity contribution in [2.45, 2.75) is 38.9 Å². The highest BCUT2D eigenvalue weighted by Crippen LogP contribution is 2.20. The summed E-state index contributed by atoms with van der Waals surface area (Å²) in [7, 11) is 0. The Morgan fingerprint density at radius 1 is 1.67 bits per heavy atom. The molecule has 1 rings (SSSR count). The summed E-state index contributed by atoms with van der Waals surface area (Å²) >= 11 is 0. The average Bonchev–Trinajstić information content (AvgIpc) is 2.35. The Kier molecular flexibility index (Phi) is 2.81. The van der Waals surface area contributed by atoms with Crippen molar-refractivity contribution in [3.8, 4) is 0 Å². The van der Waals surface area contributed by atoms with Crippen molar-refractivity contribution >= 4 is 0 Å². The fourth-order valence-electron chi connectivity index (χ4n) is 1.29. The summed E-state index contributed by atoms with van der Waals surface area (Å²) < 4.78 is 5.40. The van der Waals surface area contributed by atoms with Crippen molar-refractivity contribution < 1.29 is 9.66 Å². The van der Waals surface area contributed by atoms with Gasteiger partial charge in [0, 0.05) is 13.0 Å². The van der Waals surface area contributed by atoms with E-state index in [1.54, 1.807) is 6.08 Å². The highest BCUT2D eigenvalue weighted by atomic mass is 16.6. The number of allylic oxidation sites excluding steroid dienone is 1. The molecular weight excluding hydrogens is 158 g/mol. The predicted octanol–water partition coefficient (Wildman–Crippen LogP) is 1.73. The van der Waals surface area contributed by atoms with Crippen LogP contribution in [0.15, 0.2) is 11.8 Å². The minimum Gasteiger partial charge on any atom is -0.371 e. The van der Waals surface area contributed by atoms with E-state index < -0.39 is 0 Å². The fourth-order valence-corrected chi connectivity index (χ4v) is 1.29. The lowest BCUT2D eigenvalue weighted by atomic mass is 10.2. The van der Waals surface area contributed by atoms with Gasteiger partial charge in [-0.3, -0.25) is 10.1 Å². The Morgan fingerprint density at radius 2 is 2.33 bits per heavy atom. The molecule has 0 N–H and O–H groups in total. The van der Waals surface area contributed by atoms with Crippen molar-refractivity contribution in [3.63, 3.8) is 0 Å². The van der Waals surface area contributed by atoms with E-state index in [1.165, 1.54) is 6.92 Å². The van der Waals surface area contributed by atoms with Gasteiger partial charge in [-0.15, -0.1) is 0 Å². The van der Waals surface area contributed by atoms with Crippen LogP contribution >= 0.6 is 0 Å². The molecule has 1 aliphatic heterocycles. The minimum atomic E-state index is -0.383. The van der Waals surface area contributed by atoms with Crippen molar-refractivity contribution in [1.82, 2.24) is 0 Å². The zero-order chi connectivity index (χ0) is 9.14. The van der Waals surface area contributed by atoms with Crippen LogP contribution < -0.4 is 0 Å². The molecule has 0 saturated carbocycles. The zero-order valence-corrected chi connectivity index (χ0v) is 7.32.